The maximum absolute atomic E-state index is 13.2. The Hall–Kier alpha value is -2.51. The zero-order valence-electron chi connectivity index (χ0n) is 9.51. The minimum atomic E-state index is -0.630. The first kappa shape index (κ1) is 12.0. The maximum Gasteiger partial charge on any atom is 0.251 e. The van der Waals surface area contributed by atoms with Gasteiger partial charge in [-0.15, -0.1) is 10.2 Å². The fraction of sp³-hybridized carbons (Fsp3) is 0.200. The third-order valence-corrected chi connectivity index (χ3v) is 2.36. The molecule has 8 heteroatoms. The number of hydrogen-bond acceptors (Lipinski definition) is 5. The lowest BCUT2D eigenvalue weighted by Crippen LogP contribution is -2.27. The monoisotopic (exact) mass is 250 g/mol. The van der Waals surface area contributed by atoms with E-state index >= 15 is 0 Å². The highest BCUT2D eigenvalue weighted by Gasteiger charge is 2.15. The summed E-state index contributed by atoms with van der Waals surface area (Å²) in [7, 11) is 0. The predicted octanol–water partition coefficient (Wildman–Crippen LogP) is 0.412. The molecule has 2 aromatic rings. The second kappa shape index (κ2) is 4.78. The summed E-state index contributed by atoms with van der Waals surface area (Å²) in [6.45, 7) is 1.69. The first-order chi connectivity index (χ1) is 8.58. The molecule has 0 bridgehead atoms. The van der Waals surface area contributed by atoms with Crippen LogP contribution in [0.5, 0.6) is 0 Å². The van der Waals surface area contributed by atoms with Gasteiger partial charge < -0.3 is 11.1 Å². The van der Waals surface area contributed by atoms with Crippen molar-refractivity contribution in [3.8, 4) is 0 Å². The average molecular weight is 250 g/mol. The third-order valence-electron chi connectivity index (χ3n) is 2.36. The Balaban J connectivity index is 2.10. The first-order valence-electron chi connectivity index (χ1n) is 5.17. The van der Waals surface area contributed by atoms with Crippen molar-refractivity contribution in [1.29, 1.82) is 0 Å². The lowest BCUT2D eigenvalue weighted by molar-refractivity contribution is 0.0938. The van der Waals surface area contributed by atoms with E-state index in [-0.39, 0.29) is 11.3 Å². The number of nitrogens with zero attached hydrogens (tertiary/aromatic N) is 3. The zero-order valence-corrected chi connectivity index (χ0v) is 9.51. The van der Waals surface area contributed by atoms with Crippen molar-refractivity contribution in [3.63, 3.8) is 0 Å². The van der Waals surface area contributed by atoms with E-state index in [0.717, 1.165) is 6.07 Å². The first-order valence-corrected chi connectivity index (χ1v) is 5.17. The highest BCUT2D eigenvalue weighted by Crippen LogP contribution is 2.13. The number of anilines is 1. The summed E-state index contributed by atoms with van der Waals surface area (Å²) in [5, 5.41) is 15.8. The van der Waals surface area contributed by atoms with Crippen LogP contribution in [0.3, 0.4) is 0 Å². The molecule has 0 fully saturated rings. The fourth-order valence-corrected chi connectivity index (χ4v) is 1.37. The maximum atomic E-state index is 13.2. The average Bonchev–Trinajstić information content (AvgIpc) is 2.86. The Morgan fingerprint density at radius 2 is 2.33 bits per heavy atom. The Labute approximate surface area is 102 Å². The van der Waals surface area contributed by atoms with Gasteiger partial charge in [0.15, 0.2) is 5.82 Å². The van der Waals surface area contributed by atoms with Gasteiger partial charge in [0, 0.05) is 5.56 Å². The number of aromatic nitrogens is 4. The minimum Gasteiger partial charge on any atom is -0.396 e. The molecule has 0 aliphatic rings. The van der Waals surface area contributed by atoms with E-state index in [1.807, 2.05) is 0 Å². The molecule has 1 unspecified atom stereocenters. The van der Waals surface area contributed by atoms with Crippen LogP contribution in [-0.2, 0) is 0 Å². The molecule has 1 amide bonds. The molecular formula is C10H11FN6O. The summed E-state index contributed by atoms with van der Waals surface area (Å²) in [5.41, 5.74) is 5.50. The second-order valence-electron chi connectivity index (χ2n) is 3.70. The van der Waals surface area contributed by atoms with Gasteiger partial charge >= 0.3 is 0 Å². The van der Waals surface area contributed by atoms with E-state index in [4.69, 9.17) is 5.73 Å². The lowest BCUT2D eigenvalue weighted by atomic mass is 10.1. The van der Waals surface area contributed by atoms with Gasteiger partial charge in [-0.05, 0) is 25.1 Å². The summed E-state index contributed by atoms with van der Waals surface area (Å²) in [4.78, 5) is 11.8. The Bertz CT molecular complexity index is 556. The highest BCUT2D eigenvalue weighted by atomic mass is 19.1. The van der Waals surface area contributed by atoms with Crippen LogP contribution in [0.15, 0.2) is 18.2 Å². The summed E-state index contributed by atoms with van der Waals surface area (Å²) in [6.07, 6.45) is 0. The molecule has 18 heavy (non-hydrogen) atoms. The molecule has 2 rings (SSSR count). The van der Waals surface area contributed by atoms with Gasteiger partial charge in [0.25, 0.3) is 5.91 Å². The molecule has 1 atom stereocenters. The van der Waals surface area contributed by atoms with Crippen LogP contribution in [-0.4, -0.2) is 26.5 Å². The molecule has 1 aromatic heterocycles. The van der Waals surface area contributed by atoms with E-state index in [1.165, 1.54) is 12.1 Å². The molecule has 0 aliphatic carbocycles. The quantitative estimate of drug-likeness (QED) is 0.683. The van der Waals surface area contributed by atoms with E-state index in [0.29, 0.717) is 5.82 Å². The molecule has 0 aliphatic heterocycles. The largest absolute Gasteiger partial charge is 0.396 e. The van der Waals surface area contributed by atoms with Crippen molar-refractivity contribution >= 4 is 11.6 Å². The van der Waals surface area contributed by atoms with Crippen LogP contribution in [0.2, 0.25) is 0 Å². The standard InChI is InChI=1S/C10H11FN6O/c1-5(9-14-16-17-15-9)13-10(18)6-2-3-8(12)7(11)4-6/h2-5H,12H2,1H3,(H,13,18)(H,14,15,16,17). The van der Waals surface area contributed by atoms with Crippen LogP contribution in [0.25, 0.3) is 0 Å². The number of aromatic amines is 1. The van der Waals surface area contributed by atoms with Gasteiger partial charge in [-0.25, -0.2) is 4.39 Å². The van der Waals surface area contributed by atoms with E-state index in [1.54, 1.807) is 6.92 Å². The van der Waals surface area contributed by atoms with Crippen molar-refractivity contribution in [1.82, 2.24) is 25.9 Å². The summed E-state index contributed by atoms with van der Waals surface area (Å²) in [6, 6.07) is 3.42. The predicted molar refractivity (Wildman–Crippen MR) is 60.9 cm³/mol. The van der Waals surface area contributed by atoms with Gasteiger partial charge in [-0.1, -0.05) is 5.21 Å². The molecule has 1 aromatic carbocycles. The number of amides is 1. The van der Waals surface area contributed by atoms with Crippen molar-refractivity contribution in [2.75, 3.05) is 5.73 Å². The molecule has 0 radical (unpaired) electrons. The van der Waals surface area contributed by atoms with Gasteiger partial charge in [-0.2, -0.15) is 5.21 Å². The number of nitrogens with one attached hydrogen (secondary N) is 2. The normalized spacial score (nSPS) is 12.1. The number of halogens is 1. The fourth-order valence-electron chi connectivity index (χ4n) is 1.37. The minimum absolute atomic E-state index is 0.00207. The Morgan fingerprint density at radius 1 is 1.56 bits per heavy atom. The molecule has 4 N–H and O–H groups in total. The molecular weight excluding hydrogens is 239 g/mol. The van der Waals surface area contributed by atoms with E-state index in [9.17, 15) is 9.18 Å². The number of carbonyl (C=O) groups is 1. The summed E-state index contributed by atoms with van der Waals surface area (Å²) < 4.78 is 13.2. The number of carbonyl (C=O) groups excluding carboxylic acids is 1. The summed E-state index contributed by atoms with van der Waals surface area (Å²) in [5.74, 6) is -0.722. The topological polar surface area (TPSA) is 110 Å². The van der Waals surface area contributed by atoms with Crippen molar-refractivity contribution in [3.05, 3.63) is 35.4 Å². The summed E-state index contributed by atoms with van der Waals surface area (Å²) >= 11 is 0. The third kappa shape index (κ3) is 2.42. The molecule has 1 heterocycles. The number of nitrogen functional groups attached to an aromatic ring is 1. The van der Waals surface area contributed by atoms with Crippen LogP contribution in [0.4, 0.5) is 10.1 Å². The van der Waals surface area contributed by atoms with E-state index in [2.05, 4.69) is 25.9 Å². The van der Waals surface area contributed by atoms with Crippen LogP contribution < -0.4 is 11.1 Å². The number of rotatable bonds is 3. The molecule has 94 valence electrons. The molecule has 0 saturated carbocycles. The number of benzene rings is 1. The number of H-pyrrole nitrogens is 1. The van der Waals surface area contributed by atoms with Crippen molar-refractivity contribution < 1.29 is 9.18 Å². The molecule has 7 nitrogen and oxygen atoms in total. The number of nitrogens with two attached hydrogens (primary N) is 1. The van der Waals surface area contributed by atoms with Crippen LogP contribution >= 0.6 is 0 Å². The Kier molecular flexibility index (Phi) is 3.18. The number of tetrazole rings is 1. The van der Waals surface area contributed by atoms with Crippen molar-refractivity contribution in [2.45, 2.75) is 13.0 Å². The van der Waals surface area contributed by atoms with Crippen molar-refractivity contribution in [2.24, 2.45) is 0 Å². The van der Waals surface area contributed by atoms with Gasteiger partial charge in [-0.3, -0.25) is 4.79 Å². The molecule has 0 saturated heterocycles. The SMILES string of the molecule is CC(NC(=O)c1ccc(N)c(F)c1)c1nn[nH]n1. The second-order valence-corrected chi connectivity index (χ2v) is 3.70. The Morgan fingerprint density at radius 3 is 2.94 bits per heavy atom. The van der Waals surface area contributed by atoms with Crippen LogP contribution in [0, 0.1) is 5.82 Å². The lowest BCUT2D eigenvalue weighted by Gasteiger charge is -2.10. The van der Waals surface area contributed by atoms with Crippen LogP contribution in [0.1, 0.15) is 29.1 Å². The van der Waals surface area contributed by atoms with Gasteiger partial charge in [0.2, 0.25) is 0 Å². The molecule has 0 spiro atoms. The van der Waals surface area contributed by atoms with Gasteiger partial charge in [0.1, 0.15) is 5.82 Å². The zero-order chi connectivity index (χ0) is 13.1. The highest BCUT2D eigenvalue weighted by molar-refractivity contribution is 5.94. The van der Waals surface area contributed by atoms with E-state index < -0.39 is 17.8 Å². The number of hydrogen-bond donors (Lipinski definition) is 3. The smallest absolute Gasteiger partial charge is 0.251 e. The van der Waals surface area contributed by atoms with Gasteiger partial charge in [0.05, 0.1) is 11.7 Å².